The van der Waals surface area contributed by atoms with E-state index in [1.165, 1.54) is 0 Å². The molecule has 0 bridgehead atoms. The summed E-state index contributed by atoms with van der Waals surface area (Å²) in [5.74, 6) is 0.359. The maximum absolute atomic E-state index is 11.9. The van der Waals surface area contributed by atoms with Crippen LogP contribution in [0.4, 0.5) is 0 Å². The van der Waals surface area contributed by atoms with Crippen molar-refractivity contribution in [2.24, 2.45) is 0 Å². The Kier molecular flexibility index (Phi) is 6.79. The normalized spacial score (nSPS) is 11.9. The summed E-state index contributed by atoms with van der Waals surface area (Å²) in [6.07, 6.45) is 0.300. The van der Waals surface area contributed by atoms with E-state index in [-0.39, 0.29) is 22.2 Å². The number of aliphatic carboxylic acids is 1. The molecule has 0 aliphatic carbocycles. The third-order valence-electron chi connectivity index (χ3n) is 5.38. The van der Waals surface area contributed by atoms with Crippen molar-refractivity contribution in [3.05, 3.63) is 58.7 Å². The van der Waals surface area contributed by atoms with E-state index >= 15 is 0 Å². The highest BCUT2D eigenvalue weighted by Crippen LogP contribution is 2.41. The minimum absolute atomic E-state index is 0.0148. The quantitative estimate of drug-likeness (QED) is 0.580. The molecule has 0 spiro atoms. The number of carboxylic acids is 1. The number of aromatic hydroxyl groups is 1. The van der Waals surface area contributed by atoms with Crippen molar-refractivity contribution in [3.63, 3.8) is 0 Å². The monoisotopic (exact) mass is 426 g/mol. The predicted octanol–water partition coefficient (Wildman–Crippen LogP) is 5.69. The first kappa shape index (κ1) is 24.3. The zero-order chi connectivity index (χ0) is 23.7. The summed E-state index contributed by atoms with van der Waals surface area (Å²) in [6, 6.07) is 7.30. The number of phenolic OH excluding ortho intramolecular Hbond substituents is 1. The Labute approximate surface area is 185 Å². The van der Waals surface area contributed by atoms with Gasteiger partial charge in [-0.2, -0.15) is 0 Å². The van der Waals surface area contributed by atoms with Crippen LogP contribution in [0.15, 0.2) is 30.8 Å². The van der Waals surface area contributed by atoms with Crippen molar-refractivity contribution in [1.29, 1.82) is 0 Å². The minimum atomic E-state index is -1.08. The molecule has 2 rings (SSSR count). The Bertz CT molecular complexity index is 1000. The minimum Gasteiger partial charge on any atom is -0.507 e. The molecule has 0 amide bonds. The maximum Gasteiger partial charge on any atom is 0.335 e. The van der Waals surface area contributed by atoms with Gasteiger partial charge in [-0.05, 0) is 51.8 Å². The van der Waals surface area contributed by atoms with Crippen LogP contribution in [0.5, 0.6) is 17.2 Å². The van der Waals surface area contributed by atoms with Gasteiger partial charge >= 0.3 is 5.97 Å². The molecule has 2 aromatic carbocycles. The van der Waals surface area contributed by atoms with Crippen LogP contribution >= 0.6 is 0 Å². The van der Waals surface area contributed by atoms with E-state index in [1.54, 1.807) is 20.3 Å². The number of benzene rings is 2. The lowest BCUT2D eigenvalue weighted by atomic mass is 9.78. The fourth-order valence-electron chi connectivity index (χ4n) is 3.68. The van der Waals surface area contributed by atoms with Crippen molar-refractivity contribution < 1.29 is 24.5 Å². The molecule has 2 aromatic rings. The topological polar surface area (TPSA) is 76.0 Å². The van der Waals surface area contributed by atoms with Crippen LogP contribution in [0, 0.1) is 0 Å². The van der Waals surface area contributed by atoms with Gasteiger partial charge in [0.15, 0.2) is 0 Å². The second-order valence-electron chi connectivity index (χ2n) is 9.85. The van der Waals surface area contributed by atoms with E-state index in [0.717, 1.165) is 16.7 Å². The van der Waals surface area contributed by atoms with Gasteiger partial charge in [-0.15, -0.1) is 0 Å². The maximum atomic E-state index is 11.9. The van der Waals surface area contributed by atoms with Gasteiger partial charge in [0, 0.05) is 17.5 Å². The van der Waals surface area contributed by atoms with Crippen molar-refractivity contribution in [2.45, 2.75) is 58.8 Å². The number of carbonyl (C=O) groups is 1. The van der Waals surface area contributed by atoms with E-state index in [2.05, 4.69) is 6.58 Å². The standard InChI is InChI=1S/C26H34O5/c1-15(24(28)29)22-16(11-18(30-8)13-20(22)25(2,3)4)10-17-12-19(31-9)14-21(23(17)27)26(5,6)7/h11-14,27H,1,10H2,2-9H3,(H,28,29). The zero-order valence-corrected chi connectivity index (χ0v) is 19.8. The molecule has 0 aromatic heterocycles. The SMILES string of the molecule is C=C(C(=O)O)c1c(Cc2cc(OC)cc(C(C)(C)C)c2O)cc(OC)cc1C(C)(C)C. The Hall–Kier alpha value is -2.95. The summed E-state index contributed by atoms with van der Waals surface area (Å²) in [7, 11) is 3.17. The largest absolute Gasteiger partial charge is 0.507 e. The number of methoxy groups -OCH3 is 2. The van der Waals surface area contributed by atoms with Crippen LogP contribution in [0.2, 0.25) is 0 Å². The second-order valence-corrected chi connectivity index (χ2v) is 9.85. The molecule has 31 heavy (non-hydrogen) atoms. The Morgan fingerprint density at radius 1 is 0.871 bits per heavy atom. The lowest BCUT2D eigenvalue weighted by Gasteiger charge is -2.27. The third-order valence-corrected chi connectivity index (χ3v) is 5.38. The van der Waals surface area contributed by atoms with Crippen LogP contribution in [-0.2, 0) is 22.0 Å². The molecule has 0 unspecified atom stereocenters. The molecule has 0 aliphatic rings. The highest BCUT2D eigenvalue weighted by molar-refractivity contribution is 6.15. The first-order chi connectivity index (χ1) is 14.2. The number of ether oxygens (including phenoxy) is 2. The highest BCUT2D eigenvalue weighted by atomic mass is 16.5. The average Bonchev–Trinajstić information content (AvgIpc) is 2.66. The first-order valence-corrected chi connectivity index (χ1v) is 10.2. The zero-order valence-electron chi connectivity index (χ0n) is 19.8. The van der Waals surface area contributed by atoms with Gasteiger partial charge in [0.25, 0.3) is 0 Å². The summed E-state index contributed by atoms with van der Waals surface area (Å²) in [6.45, 7) is 16.0. The van der Waals surface area contributed by atoms with Gasteiger partial charge in [-0.25, -0.2) is 4.79 Å². The average molecular weight is 427 g/mol. The van der Waals surface area contributed by atoms with Gasteiger partial charge in [0.1, 0.15) is 17.2 Å². The van der Waals surface area contributed by atoms with Crippen LogP contribution in [0.25, 0.3) is 5.57 Å². The second kappa shape index (κ2) is 8.66. The van der Waals surface area contributed by atoms with E-state index in [4.69, 9.17) is 9.47 Å². The van der Waals surface area contributed by atoms with Crippen molar-refractivity contribution >= 4 is 11.5 Å². The summed E-state index contributed by atoms with van der Waals surface area (Å²) >= 11 is 0. The molecule has 0 aliphatic heterocycles. The highest BCUT2D eigenvalue weighted by Gasteiger charge is 2.27. The van der Waals surface area contributed by atoms with Gasteiger partial charge in [0.2, 0.25) is 0 Å². The number of phenols is 1. The molecule has 5 nitrogen and oxygen atoms in total. The summed E-state index contributed by atoms with van der Waals surface area (Å²) in [5, 5.41) is 20.8. The molecule has 0 saturated heterocycles. The smallest absolute Gasteiger partial charge is 0.335 e. The number of carboxylic acid groups (broad SMARTS) is 1. The molecule has 0 radical (unpaired) electrons. The van der Waals surface area contributed by atoms with Gasteiger partial charge in [0.05, 0.1) is 19.8 Å². The fraction of sp³-hybridized carbons (Fsp3) is 0.423. The van der Waals surface area contributed by atoms with E-state index < -0.39 is 5.97 Å². The van der Waals surface area contributed by atoms with Crippen molar-refractivity contribution in [2.75, 3.05) is 14.2 Å². The van der Waals surface area contributed by atoms with Gasteiger partial charge in [-0.1, -0.05) is 48.1 Å². The van der Waals surface area contributed by atoms with Gasteiger partial charge in [-0.3, -0.25) is 0 Å². The predicted molar refractivity (Wildman–Crippen MR) is 125 cm³/mol. The summed E-state index contributed by atoms with van der Waals surface area (Å²) < 4.78 is 11.0. The molecule has 168 valence electrons. The molecule has 0 saturated carbocycles. The van der Waals surface area contributed by atoms with Crippen molar-refractivity contribution in [3.8, 4) is 17.2 Å². The Morgan fingerprint density at radius 3 is 1.74 bits per heavy atom. The van der Waals surface area contributed by atoms with Crippen LogP contribution in [0.1, 0.15) is 69.4 Å². The molecular formula is C26H34O5. The lowest BCUT2D eigenvalue weighted by Crippen LogP contribution is -2.18. The molecule has 0 fully saturated rings. The van der Waals surface area contributed by atoms with Gasteiger partial charge < -0.3 is 19.7 Å². The lowest BCUT2D eigenvalue weighted by molar-refractivity contribution is -0.130. The van der Waals surface area contributed by atoms with E-state index in [1.807, 2.05) is 59.7 Å². The molecule has 5 heteroatoms. The van der Waals surface area contributed by atoms with E-state index in [9.17, 15) is 15.0 Å². The fourth-order valence-corrected chi connectivity index (χ4v) is 3.68. The van der Waals surface area contributed by atoms with Crippen LogP contribution in [0.3, 0.4) is 0 Å². The molecule has 0 atom stereocenters. The molecule has 2 N–H and O–H groups in total. The van der Waals surface area contributed by atoms with Crippen LogP contribution < -0.4 is 9.47 Å². The molecule has 0 heterocycles. The number of rotatable bonds is 6. The summed E-state index contributed by atoms with van der Waals surface area (Å²) in [4.78, 5) is 11.9. The summed E-state index contributed by atoms with van der Waals surface area (Å²) in [5.41, 5.74) is 2.90. The Balaban J connectivity index is 2.83. The third kappa shape index (κ3) is 5.22. The number of hydrogen-bond acceptors (Lipinski definition) is 4. The van der Waals surface area contributed by atoms with Crippen molar-refractivity contribution in [1.82, 2.24) is 0 Å². The van der Waals surface area contributed by atoms with Crippen LogP contribution in [-0.4, -0.2) is 30.4 Å². The first-order valence-electron chi connectivity index (χ1n) is 10.2. The number of hydrogen-bond donors (Lipinski definition) is 2. The van der Waals surface area contributed by atoms with E-state index in [0.29, 0.717) is 29.0 Å². The Morgan fingerprint density at radius 2 is 1.32 bits per heavy atom. The molecular weight excluding hydrogens is 392 g/mol.